The summed E-state index contributed by atoms with van der Waals surface area (Å²) in [5.74, 6) is 0.220. The van der Waals surface area contributed by atoms with Crippen LogP contribution in [-0.4, -0.2) is 59.5 Å². The lowest BCUT2D eigenvalue weighted by molar-refractivity contribution is -0.114. The van der Waals surface area contributed by atoms with E-state index >= 15 is 4.39 Å². The van der Waals surface area contributed by atoms with Crippen LogP contribution in [0, 0.1) is 12.7 Å². The van der Waals surface area contributed by atoms with Crippen molar-refractivity contribution in [3.8, 4) is 17.1 Å². The molecule has 2 heterocycles. The molecule has 0 aliphatic heterocycles. The number of methoxy groups -OCH3 is 1. The number of carbonyl (C=O) groups is 1. The average Bonchev–Trinajstić information content (AvgIpc) is 2.82. The summed E-state index contributed by atoms with van der Waals surface area (Å²) in [6, 6.07) is 6.91. The number of aliphatic hydroxyl groups is 1. The van der Waals surface area contributed by atoms with Crippen molar-refractivity contribution in [1.82, 2.24) is 14.9 Å². The molecule has 180 valence electrons. The number of anilines is 1. The first kappa shape index (κ1) is 25.0. The maximum Gasteiger partial charge on any atom is 0.215 e. The lowest BCUT2D eigenvalue weighted by Gasteiger charge is -2.21. The highest BCUT2D eigenvalue weighted by Gasteiger charge is 2.18. The van der Waals surface area contributed by atoms with Gasteiger partial charge in [0.25, 0.3) is 0 Å². The van der Waals surface area contributed by atoms with Gasteiger partial charge in [0.05, 0.1) is 24.0 Å². The standard InChI is InChI=1S/C25H30FN5O3/c1-7-31(14-33)24(13-32)29-30(5)23-9-19-17(15(2)3)8-21(28-22(19)11-20(23)26)18-10-25(34-6)27-12-16(18)4/h8-12,14-15,32H,7,13H2,1-6H3/b29-24-. The number of nitrogens with zero attached hydrogens (tertiary/aromatic N) is 5. The Kier molecular flexibility index (Phi) is 7.78. The van der Waals surface area contributed by atoms with Crippen molar-refractivity contribution < 1.29 is 19.0 Å². The maximum atomic E-state index is 15.2. The van der Waals surface area contributed by atoms with Crippen LogP contribution in [0.3, 0.4) is 0 Å². The van der Waals surface area contributed by atoms with Crippen molar-refractivity contribution in [2.45, 2.75) is 33.6 Å². The van der Waals surface area contributed by atoms with E-state index in [1.54, 1.807) is 33.3 Å². The smallest absolute Gasteiger partial charge is 0.215 e. The minimum atomic E-state index is -0.520. The number of pyridine rings is 2. The molecule has 0 fully saturated rings. The molecule has 2 aromatic heterocycles. The Bertz CT molecular complexity index is 1230. The molecule has 34 heavy (non-hydrogen) atoms. The Morgan fingerprint density at radius 2 is 2.03 bits per heavy atom. The number of amides is 1. The Morgan fingerprint density at radius 1 is 1.29 bits per heavy atom. The molecular weight excluding hydrogens is 437 g/mol. The number of fused-ring (bicyclic) bond motifs is 1. The minimum Gasteiger partial charge on any atom is -0.481 e. The number of benzene rings is 1. The van der Waals surface area contributed by atoms with Gasteiger partial charge in [-0.05, 0) is 43.0 Å². The number of carbonyl (C=O) groups excluding carboxylic acids is 1. The zero-order valence-electron chi connectivity index (χ0n) is 20.3. The van der Waals surface area contributed by atoms with E-state index in [0.717, 1.165) is 22.1 Å². The van der Waals surface area contributed by atoms with E-state index in [1.807, 2.05) is 19.1 Å². The van der Waals surface area contributed by atoms with E-state index in [1.165, 1.54) is 16.0 Å². The van der Waals surface area contributed by atoms with E-state index in [-0.39, 0.29) is 17.4 Å². The summed E-state index contributed by atoms with van der Waals surface area (Å²) in [6.45, 7) is 7.71. The van der Waals surface area contributed by atoms with Gasteiger partial charge in [0.2, 0.25) is 12.3 Å². The van der Waals surface area contributed by atoms with Gasteiger partial charge in [0.15, 0.2) is 11.7 Å². The first-order valence-electron chi connectivity index (χ1n) is 11.0. The van der Waals surface area contributed by atoms with Crippen LogP contribution in [0.4, 0.5) is 10.1 Å². The topological polar surface area (TPSA) is 91.2 Å². The zero-order valence-corrected chi connectivity index (χ0v) is 20.3. The zero-order chi connectivity index (χ0) is 25.0. The number of aromatic nitrogens is 2. The second-order valence-corrected chi connectivity index (χ2v) is 8.20. The van der Waals surface area contributed by atoms with Crippen LogP contribution < -0.4 is 9.75 Å². The lowest BCUT2D eigenvalue weighted by atomic mass is 9.95. The van der Waals surface area contributed by atoms with Gasteiger partial charge >= 0.3 is 0 Å². The molecule has 1 N–H and O–H groups in total. The number of hydrazone groups is 1. The van der Waals surface area contributed by atoms with Gasteiger partial charge in [0.1, 0.15) is 6.61 Å². The number of likely N-dealkylation sites (N-methyl/N-ethyl adjacent to an activating group) is 1. The molecule has 0 radical (unpaired) electrons. The SMILES string of the molecule is CCN(C=O)/C(CO)=N\N(C)c1cc2c(C(C)C)cc(-c3cc(OC)ncc3C)nc2cc1F. The molecule has 3 aromatic rings. The summed E-state index contributed by atoms with van der Waals surface area (Å²) < 4.78 is 20.5. The lowest BCUT2D eigenvalue weighted by Crippen LogP contribution is -2.34. The summed E-state index contributed by atoms with van der Waals surface area (Å²) in [5, 5.41) is 16.0. The van der Waals surface area contributed by atoms with Gasteiger partial charge in [-0.2, -0.15) is 5.10 Å². The molecule has 1 amide bonds. The third kappa shape index (κ3) is 4.99. The third-order valence-electron chi connectivity index (χ3n) is 5.65. The van der Waals surface area contributed by atoms with Gasteiger partial charge in [0, 0.05) is 42.9 Å². The molecule has 0 spiro atoms. The van der Waals surface area contributed by atoms with E-state index < -0.39 is 12.4 Å². The molecule has 0 aliphatic rings. The Hall–Kier alpha value is -3.59. The van der Waals surface area contributed by atoms with Crippen molar-refractivity contribution in [2.75, 3.05) is 32.3 Å². The second-order valence-electron chi connectivity index (χ2n) is 8.20. The van der Waals surface area contributed by atoms with Crippen LogP contribution in [0.5, 0.6) is 5.88 Å². The summed E-state index contributed by atoms with van der Waals surface area (Å²) >= 11 is 0. The molecule has 0 saturated carbocycles. The van der Waals surface area contributed by atoms with E-state index in [0.29, 0.717) is 30.0 Å². The summed E-state index contributed by atoms with van der Waals surface area (Å²) in [5.41, 5.74) is 4.22. The quantitative estimate of drug-likeness (QED) is 0.232. The number of hydrogen-bond donors (Lipinski definition) is 1. The number of hydrogen-bond acceptors (Lipinski definition) is 7. The van der Waals surface area contributed by atoms with Gasteiger partial charge in [-0.1, -0.05) is 13.8 Å². The van der Waals surface area contributed by atoms with Crippen molar-refractivity contribution in [1.29, 1.82) is 0 Å². The highest BCUT2D eigenvalue weighted by molar-refractivity contribution is 5.93. The van der Waals surface area contributed by atoms with E-state index in [9.17, 15) is 9.90 Å². The fraction of sp³-hybridized carbons (Fsp3) is 0.360. The minimum absolute atomic E-state index is 0.124. The Balaban J connectivity index is 2.18. The molecule has 8 nitrogen and oxygen atoms in total. The van der Waals surface area contributed by atoms with E-state index in [2.05, 4.69) is 23.9 Å². The number of rotatable bonds is 8. The number of amidine groups is 1. The summed E-state index contributed by atoms with van der Waals surface area (Å²) in [6.07, 6.45) is 2.31. The van der Waals surface area contributed by atoms with Crippen molar-refractivity contribution >= 4 is 28.8 Å². The molecule has 0 saturated heterocycles. The number of halogens is 1. The van der Waals surface area contributed by atoms with Crippen LogP contribution in [0.15, 0.2) is 35.6 Å². The number of aliphatic hydroxyl groups excluding tert-OH is 1. The number of ether oxygens (including phenoxy) is 1. The fourth-order valence-corrected chi connectivity index (χ4v) is 3.74. The van der Waals surface area contributed by atoms with Gasteiger partial charge in [-0.25, -0.2) is 14.4 Å². The van der Waals surface area contributed by atoms with Gasteiger partial charge in [-0.15, -0.1) is 0 Å². The molecule has 9 heteroatoms. The largest absolute Gasteiger partial charge is 0.481 e. The average molecular weight is 468 g/mol. The Labute approximate surface area is 198 Å². The summed E-state index contributed by atoms with van der Waals surface area (Å²) in [4.78, 5) is 21.5. The third-order valence-corrected chi connectivity index (χ3v) is 5.65. The molecular formula is C25H30FN5O3. The van der Waals surface area contributed by atoms with Crippen LogP contribution in [-0.2, 0) is 4.79 Å². The molecule has 1 aromatic carbocycles. The maximum absolute atomic E-state index is 15.2. The first-order valence-corrected chi connectivity index (χ1v) is 11.0. The van der Waals surface area contributed by atoms with Gasteiger partial charge in [-0.3, -0.25) is 14.7 Å². The number of aryl methyl sites for hydroxylation is 1. The molecule has 0 bridgehead atoms. The Morgan fingerprint density at radius 3 is 2.62 bits per heavy atom. The van der Waals surface area contributed by atoms with Gasteiger partial charge < -0.3 is 9.84 Å². The fourth-order valence-electron chi connectivity index (χ4n) is 3.74. The highest BCUT2D eigenvalue weighted by Crippen LogP contribution is 2.34. The van der Waals surface area contributed by atoms with Crippen molar-refractivity contribution in [2.24, 2.45) is 5.10 Å². The normalized spacial score (nSPS) is 11.7. The van der Waals surface area contributed by atoms with Crippen LogP contribution in [0.2, 0.25) is 0 Å². The van der Waals surface area contributed by atoms with Crippen LogP contribution in [0.25, 0.3) is 22.2 Å². The van der Waals surface area contributed by atoms with E-state index in [4.69, 9.17) is 9.72 Å². The monoisotopic (exact) mass is 467 g/mol. The molecule has 0 aliphatic carbocycles. The van der Waals surface area contributed by atoms with Crippen LogP contribution >= 0.6 is 0 Å². The van der Waals surface area contributed by atoms with Crippen molar-refractivity contribution in [3.63, 3.8) is 0 Å². The second kappa shape index (κ2) is 10.6. The molecule has 0 unspecified atom stereocenters. The predicted molar refractivity (Wildman–Crippen MR) is 132 cm³/mol. The first-order chi connectivity index (χ1) is 16.2. The molecule has 3 rings (SSSR count). The molecule has 0 atom stereocenters. The predicted octanol–water partition coefficient (Wildman–Crippen LogP) is 4.10. The van der Waals surface area contributed by atoms with Crippen LogP contribution in [0.1, 0.15) is 37.8 Å². The highest BCUT2D eigenvalue weighted by atomic mass is 19.1. The summed E-state index contributed by atoms with van der Waals surface area (Å²) in [7, 11) is 3.13. The van der Waals surface area contributed by atoms with Crippen molar-refractivity contribution in [3.05, 3.63) is 47.4 Å².